The lowest BCUT2D eigenvalue weighted by atomic mass is 10.1. The van der Waals surface area contributed by atoms with Crippen molar-refractivity contribution < 1.29 is 8.78 Å². The van der Waals surface area contributed by atoms with E-state index in [1.165, 1.54) is 23.3 Å². The minimum Gasteiger partial charge on any atom is -0.399 e. The van der Waals surface area contributed by atoms with E-state index in [4.69, 9.17) is 5.73 Å². The molecule has 0 aromatic heterocycles. The molecular formula is C16H16F2N2. The number of hydrogen-bond acceptors (Lipinski definition) is 2. The molecule has 0 amide bonds. The smallest absolute Gasteiger partial charge is 0.130 e. The predicted octanol–water partition coefficient (Wildman–Crippen LogP) is 3.32. The zero-order valence-electron chi connectivity index (χ0n) is 11.0. The van der Waals surface area contributed by atoms with Crippen LogP contribution in [0.25, 0.3) is 0 Å². The Kier molecular flexibility index (Phi) is 3.40. The SMILES string of the molecule is Nc1ccc2c(c1)CCC2NCc1ccc(F)cc1F. The van der Waals surface area contributed by atoms with Crippen molar-refractivity contribution in [3.05, 3.63) is 64.7 Å². The van der Waals surface area contributed by atoms with E-state index < -0.39 is 11.6 Å². The van der Waals surface area contributed by atoms with Crippen molar-refractivity contribution in [1.82, 2.24) is 5.32 Å². The molecule has 1 aliphatic rings. The highest BCUT2D eigenvalue weighted by Crippen LogP contribution is 2.32. The van der Waals surface area contributed by atoms with Gasteiger partial charge in [0, 0.05) is 29.9 Å². The molecule has 1 atom stereocenters. The lowest BCUT2D eigenvalue weighted by molar-refractivity contribution is 0.508. The Labute approximate surface area is 116 Å². The zero-order valence-corrected chi connectivity index (χ0v) is 11.0. The summed E-state index contributed by atoms with van der Waals surface area (Å²) in [6, 6.07) is 9.79. The molecule has 0 saturated carbocycles. The van der Waals surface area contributed by atoms with Gasteiger partial charge in [-0.25, -0.2) is 8.78 Å². The molecule has 0 spiro atoms. The minimum absolute atomic E-state index is 0.204. The van der Waals surface area contributed by atoms with Gasteiger partial charge in [0.05, 0.1) is 0 Å². The van der Waals surface area contributed by atoms with Crippen molar-refractivity contribution in [1.29, 1.82) is 0 Å². The van der Waals surface area contributed by atoms with Gasteiger partial charge >= 0.3 is 0 Å². The summed E-state index contributed by atoms with van der Waals surface area (Å²) < 4.78 is 26.4. The van der Waals surface area contributed by atoms with Gasteiger partial charge in [-0.1, -0.05) is 12.1 Å². The normalized spacial score (nSPS) is 17.2. The van der Waals surface area contributed by atoms with E-state index in [2.05, 4.69) is 5.32 Å². The molecule has 104 valence electrons. The Bertz CT molecular complexity index is 640. The summed E-state index contributed by atoms with van der Waals surface area (Å²) in [5.41, 5.74) is 9.50. The first-order valence-corrected chi connectivity index (χ1v) is 6.69. The van der Waals surface area contributed by atoms with Crippen LogP contribution in [0.15, 0.2) is 36.4 Å². The van der Waals surface area contributed by atoms with Crippen LogP contribution in [0, 0.1) is 11.6 Å². The molecule has 2 aromatic rings. The van der Waals surface area contributed by atoms with Crippen LogP contribution < -0.4 is 11.1 Å². The quantitative estimate of drug-likeness (QED) is 0.843. The number of aryl methyl sites for hydroxylation is 1. The molecule has 4 heteroatoms. The predicted molar refractivity (Wildman–Crippen MR) is 75.1 cm³/mol. The average molecular weight is 274 g/mol. The zero-order chi connectivity index (χ0) is 14.1. The molecule has 1 aliphatic carbocycles. The van der Waals surface area contributed by atoms with Crippen molar-refractivity contribution in [2.24, 2.45) is 0 Å². The number of fused-ring (bicyclic) bond motifs is 1. The maximum absolute atomic E-state index is 13.6. The Morgan fingerprint density at radius 1 is 1.15 bits per heavy atom. The number of nitrogen functional groups attached to an aromatic ring is 1. The largest absolute Gasteiger partial charge is 0.399 e. The fraction of sp³-hybridized carbons (Fsp3) is 0.250. The van der Waals surface area contributed by atoms with Gasteiger partial charge < -0.3 is 11.1 Å². The monoisotopic (exact) mass is 274 g/mol. The third-order valence-electron chi connectivity index (χ3n) is 3.80. The van der Waals surface area contributed by atoms with Gasteiger partial charge in [-0.15, -0.1) is 0 Å². The number of hydrogen-bond donors (Lipinski definition) is 2. The van der Waals surface area contributed by atoms with Crippen LogP contribution in [-0.2, 0) is 13.0 Å². The van der Waals surface area contributed by atoms with Crippen molar-refractivity contribution in [2.75, 3.05) is 5.73 Å². The second kappa shape index (κ2) is 5.21. The maximum Gasteiger partial charge on any atom is 0.130 e. The van der Waals surface area contributed by atoms with Gasteiger partial charge in [-0.2, -0.15) is 0 Å². The molecule has 0 heterocycles. The Balaban J connectivity index is 1.72. The standard InChI is InChI=1S/C16H16F2N2/c17-12-3-1-11(15(18)8-12)9-20-16-6-2-10-7-13(19)4-5-14(10)16/h1,3-5,7-8,16,20H,2,6,9,19H2. The van der Waals surface area contributed by atoms with Crippen molar-refractivity contribution in [2.45, 2.75) is 25.4 Å². The van der Waals surface area contributed by atoms with E-state index in [0.29, 0.717) is 12.1 Å². The summed E-state index contributed by atoms with van der Waals surface area (Å²) in [6.07, 6.45) is 1.95. The van der Waals surface area contributed by atoms with Crippen LogP contribution in [0.1, 0.15) is 29.2 Å². The number of halogens is 2. The van der Waals surface area contributed by atoms with Crippen LogP contribution in [0.5, 0.6) is 0 Å². The summed E-state index contributed by atoms with van der Waals surface area (Å²) in [7, 11) is 0. The first-order chi connectivity index (χ1) is 9.63. The summed E-state index contributed by atoms with van der Waals surface area (Å²) >= 11 is 0. The van der Waals surface area contributed by atoms with Gasteiger partial charge in [-0.3, -0.25) is 0 Å². The molecular weight excluding hydrogens is 258 g/mol. The lowest BCUT2D eigenvalue weighted by Gasteiger charge is -2.14. The van der Waals surface area contributed by atoms with Gasteiger partial charge in [0.1, 0.15) is 11.6 Å². The van der Waals surface area contributed by atoms with E-state index in [-0.39, 0.29) is 6.04 Å². The first kappa shape index (κ1) is 13.1. The van der Waals surface area contributed by atoms with E-state index in [9.17, 15) is 8.78 Å². The van der Waals surface area contributed by atoms with Crippen molar-refractivity contribution in [3.8, 4) is 0 Å². The molecule has 0 bridgehead atoms. The molecule has 0 aliphatic heterocycles. The molecule has 2 aromatic carbocycles. The third kappa shape index (κ3) is 2.51. The van der Waals surface area contributed by atoms with Crippen molar-refractivity contribution >= 4 is 5.69 Å². The second-order valence-corrected chi connectivity index (χ2v) is 5.17. The van der Waals surface area contributed by atoms with E-state index in [0.717, 1.165) is 24.6 Å². The first-order valence-electron chi connectivity index (χ1n) is 6.69. The average Bonchev–Trinajstić information content (AvgIpc) is 2.80. The van der Waals surface area contributed by atoms with Crippen LogP contribution in [-0.4, -0.2) is 0 Å². The summed E-state index contributed by atoms with van der Waals surface area (Å²) in [5.74, 6) is -1.05. The molecule has 0 fully saturated rings. The van der Waals surface area contributed by atoms with Crippen LogP contribution in [0.4, 0.5) is 14.5 Å². The van der Waals surface area contributed by atoms with E-state index in [1.807, 2.05) is 18.2 Å². The summed E-state index contributed by atoms with van der Waals surface area (Å²) in [6.45, 7) is 0.389. The Morgan fingerprint density at radius 3 is 2.80 bits per heavy atom. The minimum atomic E-state index is -0.548. The summed E-state index contributed by atoms with van der Waals surface area (Å²) in [5, 5.41) is 3.33. The number of benzene rings is 2. The van der Waals surface area contributed by atoms with Gasteiger partial charge in [-0.05, 0) is 42.2 Å². The van der Waals surface area contributed by atoms with Crippen LogP contribution >= 0.6 is 0 Å². The fourth-order valence-electron chi connectivity index (χ4n) is 2.75. The number of rotatable bonds is 3. The Hall–Kier alpha value is -1.94. The molecule has 2 nitrogen and oxygen atoms in total. The highest BCUT2D eigenvalue weighted by atomic mass is 19.1. The number of nitrogens with one attached hydrogen (secondary N) is 1. The number of anilines is 1. The molecule has 0 saturated heterocycles. The van der Waals surface area contributed by atoms with E-state index >= 15 is 0 Å². The molecule has 20 heavy (non-hydrogen) atoms. The highest BCUT2D eigenvalue weighted by Gasteiger charge is 2.22. The molecule has 1 unspecified atom stereocenters. The Morgan fingerprint density at radius 2 is 2.00 bits per heavy atom. The second-order valence-electron chi connectivity index (χ2n) is 5.17. The highest BCUT2D eigenvalue weighted by molar-refractivity contribution is 5.47. The molecule has 0 radical (unpaired) electrons. The van der Waals surface area contributed by atoms with Crippen molar-refractivity contribution in [3.63, 3.8) is 0 Å². The molecule has 3 rings (SSSR count). The molecule has 3 N–H and O–H groups in total. The van der Waals surface area contributed by atoms with Gasteiger partial charge in [0.25, 0.3) is 0 Å². The lowest BCUT2D eigenvalue weighted by Crippen LogP contribution is -2.19. The van der Waals surface area contributed by atoms with Gasteiger partial charge in [0.2, 0.25) is 0 Å². The third-order valence-corrected chi connectivity index (χ3v) is 3.80. The number of nitrogens with two attached hydrogens (primary N) is 1. The van der Waals surface area contributed by atoms with Crippen LogP contribution in [0.2, 0.25) is 0 Å². The van der Waals surface area contributed by atoms with E-state index in [1.54, 1.807) is 0 Å². The topological polar surface area (TPSA) is 38.0 Å². The van der Waals surface area contributed by atoms with Gasteiger partial charge in [0.15, 0.2) is 0 Å². The summed E-state index contributed by atoms with van der Waals surface area (Å²) in [4.78, 5) is 0. The maximum atomic E-state index is 13.6. The van der Waals surface area contributed by atoms with Crippen LogP contribution in [0.3, 0.4) is 0 Å². The fourth-order valence-corrected chi connectivity index (χ4v) is 2.75.